The third-order valence-corrected chi connectivity index (χ3v) is 2.99. The second kappa shape index (κ2) is 4.26. The lowest BCUT2D eigenvalue weighted by molar-refractivity contribution is 0.210. The number of hydrogen-bond acceptors (Lipinski definition) is 2. The molecule has 0 saturated heterocycles. The third kappa shape index (κ3) is 2.24. The number of benzene rings is 1. The Morgan fingerprint density at radius 3 is 2.64 bits per heavy atom. The van der Waals surface area contributed by atoms with Gasteiger partial charge in [-0.2, -0.15) is 0 Å². The van der Waals surface area contributed by atoms with Crippen LogP contribution in [0.3, 0.4) is 0 Å². The highest BCUT2D eigenvalue weighted by atomic mass is 127. The molecule has 0 aliphatic rings. The molecule has 1 aromatic carbocycles. The second-order valence-corrected chi connectivity index (χ2v) is 3.68. The van der Waals surface area contributed by atoms with Gasteiger partial charge in [0.2, 0.25) is 0 Å². The molecule has 0 heterocycles. The molecule has 0 bridgehead atoms. The van der Waals surface area contributed by atoms with Gasteiger partial charge in [-0.15, -0.1) is 0 Å². The minimum Gasteiger partial charge on any atom is -0.409 e. The molecule has 7 heteroatoms. The van der Waals surface area contributed by atoms with E-state index in [9.17, 15) is 13.6 Å². The maximum atomic E-state index is 12.9. The summed E-state index contributed by atoms with van der Waals surface area (Å²) in [5, 5.41) is -0.191. The van der Waals surface area contributed by atoms with Crippen molar-refractivity contribution in [3.63, 3.8) is 0 Å². The molecule has 0 saturated carbocycles. The summed E-state index contributed by atoms with van der Waals surface area (Å²) in [5.41, 5.74) is 4.69. The fourth-order valence-corrected chi connectivity index (χ4v) is 1.43. The Labute approximate surface area is 96.3 Å². The lowest BCUT2D eigenvalue weighted by atomic mass is 10.3. The quantitative estimate of drug-likeness (QED) is 0.488. The molecule has 3 nitrogen and oxygen atoms in total. The molecule has 2 N–H and O–H groups in total. The number of carbonyl (C=O) groups excluding carboxylic acids is 1. The van der Waals surface area contributed by atoms with Crippen molar-refractivity contribution in [2.45, 2.75) is 0 Å². The smallest absolute Gasteiger partial charge is 0.409 e. The van der Waals surface area contributed by atoms with E-state index < -0.39 is 17.7 Å². The zero-order valence-electron chi connectivity index (χ0n) is 6.48. The van der Waals surface area contributed by atoms with E-state index in [2.05, 4.69) is 4.74 Å². The van der Waals surface area contributed by atoms with Gasteiger partial charge in [0.05, 0.1) is 8.59 Å². The van der Waals surface area contributed by atoms with Gasteiger partial charge >= 0.3 is 6.09 Å². The molecule has 0 fully saturated rings. The van der Waals surface area contributed by atoms with Crippen LogP contribution in [-0.2, 0) is 0 Å². The molecule has 1 aromatic rings. The molecule has 1 amide bonds. The molecule has 0 aliphatic heterocycles. The van der Waals surface area contributed by atoms with Gasteiger partial charge in [0, 0.05) is 6.07 Å². The SMILES string of the molecule is NC(=O)Oc1cc(F)c(F)c(I)c1Cl. The van der Waals surface area contributed by atoms with E-state index in [0.29, 0.717) is 6.07 Å². The van der Waals surface area contributed by atoms with Gasteiger partial charge in [0.25, 0.3) is 0 Å². The monoisotopic (exact) mass is 333 g/mol. The second-order valence-electron chi connectivity index (χ2n) is 2.22. The first-order valence-electron chi connectivity index (χ1n) is 3.23. The highest BCUT2D eigenvalue weighted by molar-refractivity contribution is 14.1. The molecule has 76 valence electrons. The normalized spacial score (nSPS) is 10.0. The van der Waals surface area contributed by atoms with Crippen LogP contribution in [0.2, 0.25) is 5.02 Å². The Kier molecular flexibility index (Phi) is 3.48. The number of nitrogens with two attached hydrogens (primary N) is 1. The lowest BCUT2D eigenvalue weighted by Gasteiger charge is -2.06. The molecule has 14 heavy (non-hydrogen) atoms. The summed E-state index contributed by atoms with van der Waals surface area (Å²) >= 11 is 7.06. The van der Waals surface area contributed by atoms with E-state index in [4.69, 9.17) is 17.3 Å². The molecule has 0 atom stereocenters. The summed E-state index contributed by atoms with van der Waals surface area (Å²) in [4.78, 5) is 10.4. The van der Waals surface area contributed by atoms with Crippen molar-refractivity contribution in [3.05, 3.63) is 26.3 Å². The summed E-state index contributed by atoms with van der Waals surface area (Å²) in [6.45, 7) is 0. The van der Waals surface area contributed by atoms with Crippen LogP contribution in [0.1, 0.15) is 0 Å². The van der Waals surface area contributed by atoms with Crippen LogP contribution in [0.5, 0.6) is 5.75 Å². The number of primary amides is 1. The minimum atomic E-state index is -1.16. The van der Waals surface area contributed by atoms with Crippen molar-refractivity contribution in [3.8, 4) is 5.75 Å². The highest BCUT2D eigenvalue weighted by Gasteiger charge is 2.17. The number of halogens is 4. The van der Waals surface area contributed by atoms with E-state index in [0.717, 1.165) is 0 Å². The lowest BCUT2D eigenvalue weighted by Crippen LogP contribution is -2.17. The van der Waals surface area contributed by atoms with Crippen LogP contribution in [-0.4, -0.2) is 6.09 Å². The molecular weight excluding hydrogens is 330 g/mol. The van der Waals surface area contributed by atoms with E-state index >= 15 is 0 Å². The van der Waals surface area contributed by atoms with Crippen LogP contribution in [0.15, 0.2) is 6.07 Å². The number of carbonyl (C=O) groups is 1. The maximum absolute atomic E-state index is 12.9. The standard InChI is InChI=1S/C7H3ClF2INO2/c8-4-3(14-7(12)13)1-2(9)5(10)6(4)11/h1H,(H2,12,13). The number of hydrogen-bond donors (Lipinski definition) is 1. The van der Waals surface area contributed by atoms with E-state index in [1.165, 1.54) is 22.6 Å². The number of amides is 1. The van der Waals surface area contributed by atoms with E-state index in [-0.39, 0.29) is 14.3 Å². The first-order valence-corrected chi connectivity index (χ1v) is 4.69. The van der Waals surface area contributed by atoms with Gasteiger partial charge in [-0.3, -0.25) is 0 Å². The Hall–Kier alpha value is -0.630. The van der Waals surface area contributed by atoms with E-state index in [1.807, 2.05) is 0 Å². The largest absolute Gasteiger partial charge is 0.410 e. The molecule has 1 rings (SSSR count). The first-order chi connectivity index (χ1) is 6.43. The zero-order chi connectivity index (χ0) is 10.9. The van der Waals surface area contributed by atoms with Crippen molar-refractivity contribution >= 4 is 40.3 Å². The summed E-state index contributed by atoms with van der Waals surface area (Å²) < 4.78 is 29.9. The Morgan fingerprint density at radius 2 is 2.14 bits per heavy atom. The Morgan fingerprint density at radius 1 is 1.57 bits per heavy atom. The van der Waals surface area contributed by atoms with Gasteiger partial charge in [-0.05, 0) is 22.6 Å². The van der Waals surface area contributed by atoms with Crippen molar-refractivity contribution in [1.82, 2.24) is 0 Å². The van der Waals surface area contributed by atoms with Crippen LogP contribution >= 0.6 is 34.2 Å². The fourth-order valence-electron chi connectivity index (χ4n) is 0.734. The number of ether oxygens (including phenoxy) is 1. The molecule has 0 aliphatic carbocycles. The number of rotatable bonds is 1. The highest BCUT2D eigenvalue weighted by Crippen LogP contribution is 2.32. The Balaban J connectivity index is 3.25. The summed E-state index contributed by atoms with van der Waals surface area (Å²) in [6.07, 6.45) is -1.14. The molecule has 0 aromatic heterocycles. The van der Waals surface area contributed by atoms with Gasteiger partial charge in [0.15, 0.2) is 17.4 Å². The molecular formula is C7H3ClF2INO2. The summed E-state index contributed by atoms with van der Waals surface area (Å²) in [6, 6.07) is 0.657. The predicted octanol–water partition coefficient (Wildman–Crippen LogP) is 2.68. The van der Waals surface area contributed by atoms with Gasteiger partial charge < -0.3 is 10.5 Å². The minimum absolute atomic E-state index is 0.166. The average molecular weight is 333 g/mol. The van der Waals surface area contributed by atoms with Crippen LogP contribution in [0.25, 0.3) is 0 Å². The third-order valence-electron chi connectivity index (χ3n) is 1.28. The fraction of sp³-hybridized carbons (Fsp3) is 0. The Bertz CT molecular complexity index is 400. The topological polar surface area (TPSA) is 52.3 Å². The summed E-state index contributed by atoms with van der Waals surface area (Å²) in [5.74, 6) is -2.55. The van der Waals surface area contributed by atoms with Crippen LogP contribution in [0, 0.1) is 15.2 Å². The molecule has 0 spiro atoms. The van der Waals surface area contributed by atoms with Gasteiger partial charge in [0.1, 0.15) is 0 Å². The molecule has 0 unspecified atom stereocenters. The van der Waals surface area contributed by atoms with Crippen molar-refractivity contribution < 1.29 is 18.3 Å². The van der Waals surface area contributed by atoms with Gasteiger partial charge in [-0.25, -0.2) is 13.6 Å². The maximum Gasteiger partial charge on any atom is 0.410 e. The van der Waals surface area contributed by atoms with Crippen molar-refractivity contribution in [2.24, 2.45) is 5.73 Å². The van der Waals surface area contributed by atoms with Crippen molar-refractivity contribution in [1.29, 1.82) is 0 Å². The van der Waals surface area contributed by atoms with Crippen LogP contribution in [0.4, 0.5) is 13.6 Å². The van der Waals surface area contributed by atoms with Crippen LogP contribution < -0.4 is 10.5 Å². The zero-order valence-corrected chi connectivity index (χ0v) is 9.40. The molecule has 0 radical (unpaired) electrons. The first kappa shape index (κ1) is 11.4. The van der Waals surface area contributed by atoms with E-state index in [1.54, 1.807) is 0 Å². The van der Waals surface area contributed by atoms with Gasteiger partial charge in [-0.1, -0.05) is 11.6 Å². The average Bonchev–Trinajstić information content (AvgIpc) is 2.10. The predicted molar refractivity (Wildman–Crippen MR) is 54.3 cm³/mol. The van der Waals surface area contributed by atoms with Crippen molar-refractivity contribution in [2.75, 3.05) is 0 Å². The summed E-state index contributed by atoms with van der Waals surface area (Å²) in [7, 11) is 0.